The van der Waals surface area contributed by atoms with Crippen molar-refractivity contribution in [3.8, 4) is 0 Å². The molecule has 1 saturated heterocycles. The Balaban J connectivity index is 1.17. The van der Waals surface area contributed by atoms with Crippen LogP contribution in [0, 0.1) is 5.92 Å². The lowest BCUT2D eigenvalue weighted by atomic mass is 10.2. The van der Waals surface area contributed by atoms with Crippen molar-refractivity contribution in [2.24, 2.45) is 5.92 Å². The Bertz CT molecular complexity index is 859. The van der Waals surface area contributed by atoms with Crippen molar-refractivity contribution in [1.29, 1.82) is 0 Å². The number of benzene rings is 2. The van der Waals surface area contributed by atoms with Crippen LogP contribution in [0.5, 0.6) is 0 Å². The lowest BCUT2D eigenvalue weighted by molar-refractivity contribution is -0.117. The molecule has 1 aliphatic heterocycles. The van der Waals surface area contributed by atoms with Crippen LogP contribution in [0.15, 0.2) is 54.6 Å². The van der Waals surface area contributed by atoms with Gasteiger partial charge in [-0.1, -0.05) is 36.4 Å². The molecular weight excluding hydrogens is 376 g/mol. The maximum atomic E-state index is 12.5. The first-order valence-corrected chi connectivity index (χ1v) is 10.8. The molecule has 6 heteroatoms. The second-order valence-electron chi connectivity index (χ2n) is 8.20. The third-order valence-electron chi connectivity index (χ3n) is 5.77. The van der Waals surface area contributed by atoms with Crippen LogP contribution in [0.1, 0.15) is 28.8 Å². The molecule has 0 bridgehead atoms. The molecule has 2 aliphatic rings. The highest BCUT2D eigenvalue weighted by Crippen LogP contribution is 2.30. The van der Waals surface area contributed by atoms with E-state index in [0.717, 1.165) is 52.1 Å². The molecular formula is C24H30N4O2. The van der Waals surface area contributed by atoms with Crippen LogP contribution in [-0.2, 0) is 11.3 Å². The van der Waals surface area contributed by atoms with E-state index in [1.54, 1.807) is 12.1 Å². The molecule has 0 unspecified atom stereocenters. The van der Waals surface area contributed by atoms with E-state index >= 15 is 0 Å². The van der Waals surface area contributed by atoms with Crippen molar-refractivity contribution in [3.05, 3.63) is 65.7 Å². The van der Waals surface area contributed by atoms with Crippen LogP contribution in [0.2, 0.25) is 0 Å². The summed E-state index contributed by atoms with van der Waals surface area (Å²) in [4.78, 5) is 29.3. The largest absolute Gasteiger partial charge is 0.351 e. The summed E-state index contributed by atoms with van der Waals surface area (Å²) in [7, 11) is 0. The van der Waals surface area contributed by atoms with E-state index in [1.807, 2.05) is 12.1 Å². The Kier molecular flexibility index (Phi) is 6.77. The normalized spacial score (nSPS) is 17.5. The summed E-state index contributed by atoms with van der Waals surface area (Å²) in [6.45, 7) is 6.60. The third kappa shape index (κ3) is 5.90. The maximum Gasteiger partial charge on any atom is 0.251 e. The number of nitrogens with one attached hydrogen (secondary N) is 2. The molecule has 2 aromatic rings. The van der Waals surface area contributed by atoms with Gasteiger partial charge in [0.25, 0.3) is 5.91 Å². The van der Waals surface area contributed by atoms with Crippen LogP contribution in [-0.4, -0.2) is 60.9 Å². The minimum absolute atomic E-state index is 0.0546. The quantitative estimate of drug-likeness (QED) is 0.707. The van der Waals surface area contributed by atoms with Crippen LogP contribution in [0.25, 0.3) is 0 Å². The first-order valence-electron chi connectivity index (χ1n) is 10.8. The summed E-state index contributed by atoms with van der Waals surface area (Å²) >= 11 is 0. The summed E-state index contributed by atoms with van der Waals surface area (Å²) in [6.07, 6.45) is 1.93. The molecule has 0 atom stereocenters. The highest BCUT2D eigenvalue weighted by molar-refractivity contribution is 5.98. The Labute approximate surface area is 178 Å². The van der Waals surface area contributed by atoms with E-state index in [4.69, 9.17) is 0 Å². The van der Waals surface area contributed by atoms with E-state index in [0.29, 0.717) is 17.8 Å². The van der Waals surface area contributed by atoms with Gasteiger partial charge in [0.15, 0.2) is 0 Å². The van der Waals surface area contributed by atoms with Gasteiger partial charge in [-0.2, -0.15) is 0 Å². The van der Waals surface area contributed by atoms with Crippen LogP contribution >= 0.6 is 0 Å². The first-order chi connectivity index (χ1) is 14.7. The smallest absolute Gasteiger partial charge is 0.251 e. The molecule has 6 nitrogen and oxygen atoms in total. The van der Waals surface area contributed by atoms with Crippen molar-refractivity contribution < 1.29 is 9.59 Å². The fraction of sp³-hybridized carbons (Fsp3) is 0.417. The number of anilines is 1. The molecule has 1 saturated carbocycles. The van der Waals surface area contributed by atoms with Crippen molar-refractivity contribution in [2.45, 2.75) is 19.4 Å². The van der Waals surface area contributed by atoms with Gasteiger partial charge >= 0.3 is 0 Å². The van der Waals surface area contributed by atoms with Gasteiger partial charge < -0.3 is 10.6 Å². The SMILES string of the molecule is O=C(NCCN1CCN(Cc2ccccc2)CC1)c1cccc(NC(=O)C2CC2)c1. The number of rotatable bonds is 8. The molecule has 4 rings (SSSR count). The Morgan fingerprint density at radius 2 is 1.63 bits per heavy atom. The highest BCUT2D eigenvalue weighted by atomic mass is 16.2. The summed E-state index contributed by atoms with van der Waals surface area (Å²) in [5, 5.41) is 5.90. The number of amides is 2. The van der Waals surface area contributed by atoms with E-state index in [2.05, 4.69) is 50.8 Å². The standard InChI is InChI=1S/C24H30N4O2/c29-23(21-7-4-8-22(17-21)26-24(30)20-9-10-20)25-11-12-27-13-15-28(16-14-27)18-19-5-2-1-3-6-19/h1-8,17,20H,9-16,18H2,(H,25,29)(H,26,30). The molecule has 2 amide bonds. The van der Waals surface area contributed by atoms with Crippen molar-refractivity contribution in [3.63, 3.8) is 0 Å². The molecule has 1 heterocycles. The topological polar surface area (TPSA) is 64.7 Å². The third-order valence-corrected chi connectivity index (χ3v) is 5.77. The number of carbonyl (C=O) groups is 2. The molecule has 0 spiro atoms. The zero-order chi connectivity index (χ0) is 20.8. The number of piperazine rings is 1. The van der Waals surface area contributed by atoms with Crippen molar-refractivity contribution >= 4 is 17.5 Å². The summed E-state index contributed by atoms with van der Waals surface area (Å²) in [5.74, 6) is 0.106. The molecule has 30 heavy (non-hydrogen) atoms. The molecule has 2 N–H and O–H groups in total. The monoisotopic (exact) mass is 406 g/mol. The maximum absolute atomic E-state index is 12.5. The number of carbonyl (C=O) groups excluding carboxylic acids is 2. The fourth-order valence-corrected chi connectivity index (χ4v) is 3.77. The van der Waals surface area contributed by atoms with E-state index in [-0.39, 0.29) is 17.7 Å². The minimum Gasteiger partial charge on any atom is -0.351 e. The summed E-state index contributed by atoms with van der Waals surface area (Å²) in [5.41, 5.74) is 2.62. The van der Waals surface area contributed by atoms with Crippen molar-refractivity contribution in [1.82, 2.24) is 15.1 Å². The predicted octanol–water partition coefficient (Wildman–Crippen LogP) is 2.58. The Morgan fingerprint density at radius 3 is 2.37 bits per heavy atom. The lowest BCUT2D eigenvalue weighted by Crippen LogP contribution is -2.48. The van der Waals surface area contributed by atoms with Crippen LogP contribution in [0.4, 0.5) is 5.69 Å². The summed E-state index contributed by atoms with van der Waals surface area (Å²) < 4.78 is 0. The second kappa shape index (κ2) is 9.87. The van der Waals surface area contributed by atoms with Gasteiger partial charge in [-0.15, -0.1) is 0 Å². The average molecular weight is 407 g/mol. The van der Waals surface area contributed by atoms with E-state index < -0.39 is 0 Å². The highest BCUT2D eigenvalue weighted by Gasteiger charge is 2.29. The second-order valence-corrected chi connectivity index (χ2v) is 8.20. The zero-order valence-electron chi connectivity index (χ0n) is 17.3. The first kappa shape index (κ1) is 20.6. The van der Waals surface area contributed by atoms with Gasteiger partial charge in [-0.25, -0.2) is 0 Å². The number of nitrogens with zero attached hydrogens (tertiary/aromatic N) is 2. The zero-order valence-corrected chi connectivity index (χ0v) is 17.3. The molecule has 158 valence electrons. The average Bonchev–Trinajstić information content (AvgIpc) is 3.61. The molecule has 1 aliphatic carbocycles. The van der Waals surface area contributed by atoms with Crippen LogP contribution < -0.4 is 10.6 Å². The molecule has 2 aromatic carbocycles. The van der Waals surface area contributed by atoms with Gasteiger partial charge in [-0.3, -0.25) is 19.4 Å². The fourth-order valence-electron chi connectivity index (χ4n) is 3.77. The number of hydrogen-bond donors (Lipinski definition) is 2. The van der Waals surface area contributed by atoms with E-state index in [9.17, 15) is 9.59 Å². The van der Waals surface area contributed by atoms with Gasteiger partial charge in [0.1, 0.15) is 0 Å². The Morgan fingerprint density at radius 1 is 0.900 bits per heavy atom. The molecule has 0 radical (unpaired) electrons. The Hall–Kier alpha value is -2.70. The van der Waals surface area contributed by atoms with E-state index in [1.165, 1.54) is 5.56 Å². The van der Waals surface area contributed by atoms with Gasteiger partial charge in [0.05, 0.1) is 0 Å². The molecule has 0 aromatic heterocycles. The van der Waals surface area contributed by atoms with Gasteiger partial charge in [0.2, 0.25) is 5.91 Å². The summed E-state index contributed by atoms with van der Waals surface area (Å²) in [6, 6.07) is 17.7. The van der Waals surface area contributed by atoms with Gasteiger partial charge in [0, 0.05) is 63.0 Å². The number of hydrogen-bond acceptors (Lipinski definition) is 4. The lowest BCUT2D eigenvalue weighted by Gasteiger charge is -2.34. The predicted molar refractivity (Wildman–Crippen MR) is 118 cm³/mol. The molecule has 2 fully saturated rings. The van der Waals surface area contributed by atoms with Crippen molar-refractivity contribution in [2.75, 3.05) is 44.6 Å². The van der Waals surface area contributed by atoms with Crippen LogP contribution in [0.3, 0.4) is 0 Å². The minimum atomic E-state index is -0.0970. The van der Waals surface area contributed by atoms with Gasteiger partial charge in [-0.05, 0) is 36.6 Å².